The summed E-state index contributed by atoms with van der Waals surface area (Å²) in [6.07, 6.45) is 1.47. The molecular weight excluding hydrogens is 482 g/mol. The lowest BCUT2D eigenvalue weighted by Crippen LogP contribution is -2.63. The van der Waals surface area contributed by atoms with Crippen molar-refractivity contribution >= 4 is 16.3 Å². The van der Waals surface area contributed by atoms with Gasteiger partial charge in [-0.1, -0.05) is 76.2 Å². The second-order valence-electron chi connectivity index (χ2n) is 8.52. The zero-order valence-electron chi connectivity index (χ0n) is 21.1. The lowest BCUT2D eigenvalue weighted by atomic mass is 9.98. The molecule has 0 N–H and O–H groups in total. The molecule has 6 nitrogen and oxygen atoms in total. The number of para-hydroxylation sites is 1. The maximum atomic E-state index is 6.82. The summed E-state index contributed by atoms with van der Waals surface area (Å²) in [6.45, 7) is 9.11. The number of fused-ring (bicyclic) bond motifs is 1. The third kappa shape index (κ3) is 6.81. The standard InChI is InChI=1S/C27H38O6P2/c1-5-34(6-2)32-24-23-22(19-28-26(31-23)20-15-11-9-12-16-20)30-27(25(24)33-35(7-3)8-4)29-21-17-13-10-14-18-21/h9-18,22-27H,5-8,19H2,1-4H3/t22-,23-,24+,25-,26?,27-/m1/s1. The summed E-state index contributed by atoms with van der Waals surface area (Å²) in [6, 6.07) is 19.8. The van der Waals surface area contributed by atoms with Gasteiger partial charge in [-0.3, -0.25) is 0 Å². The molecule has 2 fully saturated rings. The van der Waals surface area contributed by atoms with Crippen molar-refractivity contribution < 1.29 is 28.0 Å². The van der Waals surface area contributed by atoms with Crippen LogP contribution in [-0.4, -0.2) is 62.0 Å². The Labute approximate surface area is 212 Å². The highest BCUT2D eigenvalue weighted by Gasteiger charge is 2.53. The van der Waals surface area contributed by atoms with Crippen LogP contribution in [-0.2, 0) is 23.3 Å². The molecule has 2 aliphatic rings. The van der Waals surface area contributed by atoms with Crippen molar-refractivity contribution in [1.29, 1.82) is 0 Å². The summed E-state index contributed by atoms with van der Waals surface area (Å²) in [4.78, 5) is 0. The molecule has 1 unspecified atom stereocenters. The molecule has 0 amide bonds. The number of hydrogen-bond donors (Lipinski definition) is 0. The van der Waals surface area contributed by atoms with Gasteiger partial charge in [0, 0.05) is 21.9 Å². The van der Waals surface area contributed by atoms with Crippen molar-refractivity contribution in [3.63, 3.8) is 0 Å². The van der Waals surface area contributed by atoms with Gasteiger partial charge in [0.05, 0.1) is 6.61 Å². The lowest BCUT2D eigenvalue weighted by molar-refractivity contribution is -0.342. The molecule has 0 saturated carbocycles. The summed E-state index contributed by atoms with van der Waals surface area (Å²) >= 11 is 0. The molecule has 8 heteroatoms. The number of rotatable bonds is 11. The van der Waals surface area contributed by atoms with Crippen LogP contribution < -0.4 is 4.74 Å². The van der Waals surface area contributed by atoms with E-state index < -0.39 is 35.0 Å². The SMILES string of the molecule is CCP(CC)O[C@@H]1[C@@H](OP(CC)CC)[C@H](Oc2ccccc2)O[C@@H]2COC(c3ccccc3)O[C@@H]12. The van der Waals surface area contributed by atoms with Crippen LogP contribution in [0.25, 0.3) is 0 Å². The van der Waals surface area contributed by atoms with E-state index in [1.165, 1.54) is 0 Å². The topological polar surface area (TPSA) is 55.4 Å². The van der Waals surface area contributed by atoms with Gasteiger partial charge in [-0.2, -0.15) is 0 Å². The Hall–Kier alpha value is -1.10. The van der Waals surface area contributed by atoms with E-state index in [-0.39, 0.29) is 18.3 Å². The Kier molecular flexibility index (Phi) is 10.4. The predicted molar refractivity (Wildman–Crippen MR) is 141 cm³/mol. The lowest BCUT2D eigenvalue weighted by Gasteiger charge is -2.49. The summed E-state index contributed by atoms with van der Waals surface area (Å²) in [7, 11) is -1.26. The van der Waals surface area contributed by atoms with Crippen LogP contribution in [0, 0.1) is 0 Å². The van der Waals surface area contributed by atoms with Crippen LogP contribution in [0.15, 0.2) is 60.7 Å². The number of hydrogen-bond acceptors (Lipinski definition) is 6. The fourth-order valence-corrected chi connectivity index (χ4v) is 7.01. The van der Waals surface area contributed by atoms with Crippen LogP contribution in [0.2, 0.25) is 0 Å². The summed E-state index contributed by atoms with van der Waals surface area (Å²) in [5.74, 6) is 0.744. The second-order valence-corrected chi connectivity index (χ2v) is 13.4. The molecule has 35 heavy (non-hydrogen) atoms. The van der Waals surface area contributed by atoms with Gasteiger partial charge in [0.2, 0.25) is 6.29 Å². The van der Waals surface area contributed by atoms with Gasteiger partial charge in [-0.05, 0) is 36.8 Å². The molecule has 4 rings (SSSR count). The number of ether oxygens (including phenoxy) is 4. The van der Waals surface area contributed by atoms with E-state index in [9.17, 15) is 0 Å². The summed E-state index contributed by atoms with van der Waals surface area (Å²) in [5.41, 5.74) is 0.988. The Morgan fingerprint density at radius 1 is 0.743 bits per heavy atom. The monoisotopic (exact) mass is 520 g/mol. The molecule has 0 bridgehead atoms. The van der Waals surface area contributed by atoms with E-state index >= 15 is 0 Å². The first-order chi connectivity index (χ1) is 17.2. The highest BCUT2D eigenvalue weighted by atomic mass is 31.1. The average Bonchev–Trinajstić information content (AvgIpc) is 2.92. The van der Waals surface area contributed by atoms with E-state index in [1.54, 1.807) is 0 Å². The minimum absolute atomic E-state index is 0.312. The molecule has 192 valence electrons. The van der Waals surface area contributed by atoms with Gasteiger partial charge in [-0.15, -0.1) is 0 Å². The quantitative estimate of drug-likeness (QED) is 0.313. The molecule has 2 heterocycles. The van der Waals surface area contributed by atoms with Crippen LogP contribution in [0.5, 0.6) is 5.75 Å². The first-order valence-electron chi connectivity index (χ1n) is 12.7. The third-order valence-corrected chi connectivity index (χ3v) is 10.2. The minimum atomic E-state index is -0.640. The fourth-order valence-electron chi connectivity index (χ4n) is 4.38. The maximum Gasteiger partial charge on any atom is 0.229 e. The Balaban J connectivity index is 1.65. The molecule has 2 saturated heterocycles. The number of benzene rings is 2. The van der Waals surface area contributed by atoms with Gasteiger partial charge in [-0.25, -0.2) is 0 Å². The second kappa shape index (κ2) is 13.4. The van der Waals surface area contributed by atoms with E-state index in [0.717, 1.165) is 36.0 Å². The van der Waals surface area contributed by atoms with Crippen molar-refractivity contribution in [1.82, 2.24) is 0 Å². The first-order valence-corrected chi connectivity index (χ1v) is 15.9. The highest BCUT2D eigenvalue weighted by Crippen LogP contribution is 2.48. The fraction of sp³-hybridized carbons (Fsp3) is 0.556. The van der Waals surface area contributed by atoms with Gasteiger partial charge in [0.1, 0.15) is 24.1 Å². The van der Waals surface area contributed by atoms with Crippen LogP contribution in [0.4, 0.5) is 0 Å². The molecule has 2 aromatic rings. The molecule has 0 radical (unpaired) electrons. The van der Waals surface area contributed by atoms with E-state index in [0.29, 0.717) is 6.61 Å². The molecule has 0 aromatic heterocycles. The van der Waals surface area contributed by atoms with Crippen molar-refractivity contribution in [3.8, 4) is 5.75 Å². The Bertz CT molecular complexity index is 864. The molecule has 6 atom stereocenters. The minimum Gasteiger partial charge on any atom is -0.462 e. The Morgan fingerprint density at radius 2 is 1.31 bits per heavy atom. The molecule has 2 aromatic carbocycles. The smallest absolute Gasteiger partial charge is 0.229 e. The molecule has 0 spiro atoms. The van der Waals surface area contributed by atoms with Gasteiger partial charge >= 0.3 is 0 Å². The molecule has 0 aliphatic carbocycles. The molecular formula is C27H38O6P2. The summed E-state index contributed by atoms with van der Waals surface area (Å²) < 4.78 is 39.1. The zero-order valence-corrected chi connectivity index (χ0v) is 22.9. The van der Waals surface area contributed by atoms with Crippen LogP contribution in [0.3, 0.4) is 0 Å². The normalized spacial score (nSPS) is 28.7. The van der Waals surface area contributed by atoms with Crippen LogP contribution in [0.1, 0.15) is 39.5 Å². The van der Waals surface area contributed by atoms with Crippen LogP contribution >= 0.6 is 16.3 Å². The van der Waals surface area contributed by atoms with Crippen molar-refractivity contribution in [2.75, 3.05) is 31.3 Å². The van der Waals surface area contributed by atoms with Crippen molar-refractivity contribution in [2.24, 2.45) is 0 Å². The summed E-state index contributed by atoms with van der Waals surface area (Å²) in [5, 5.41) is 0. The van der Waals surface area contributed by atoms with Crippen molar-refractivity contribution in [2.45, 2.75) is 64.7 Å². The maximum absolute atomic E-state index is 6.82. The van der Waals surface area contributed by atoms with Gasteiger partial charge < -0.3 is 28.0 Å². The van der Waals surface area contributed by atoms with E-state index in [2.05, 4.69) is 27.7 Å². The third-order valence-electron chi connectivity index (χ3n) is 6.30. The average molecular weight is 521 g/mol. The molecule has 2 aliphatic heterocycles. The van der Waals surface area contributed by atoms with Crippen molar-refractivity contribution in [3.05, 3.63) is 66.2 Å². The van der Waals surface area contributed by atoms with Gasteiger partial charge in [0.25, 0.3) is 0 Å². The first kappa shape index (κ1) is 26.9. The Morgan fingerprint density at radius 3 is 1.91 bits per heavy atom. The van der Waals surface area contributed by atoms with E-state index in [1.807, 2.05) is 60.7 Å². The zero-order chi connectivity index (χ0) is 24.6. The van der Waals surface area contributed by atoms with E-state index in [4.69, 9.17) is 28.0 Å². The largest absolute Gasteiger partial charge is 0.462 e. The van der Waals surface area contributed by atoms with Gasteiger partial charge in [0.15, 0.2) is 12.4 Å². The highest BCUT2D eigenvalue weighted by molar-refractivity contribution is 7.52. The predicted octanol–water partition coefficient (Wildman–Crippen LogP) is 6.55.